The van der Waals surface area contributed by atoms with Crippen molar-refractivity contribution in [2.75, 3.05) is 26.1 Å². The molecule has 2 aromatic rings. The molecule has 0 fully saturated rings. The molecule has 136 valence electrons. The smallest absolute Gasteiger partial charge is 0.337 e. The monoisotopic (exact) mass is 355 g/mol. The Morgan fingerprint density at radius 2 is 1.77 bits per heavy atom. The normalized spacial score (nSPS) is 10.4. The highest BCUT2D eigenvalue weighted by molar-refractivity contribution is 5.93. The van der Waals surface area contributed by atoms with Crippen molar-refractivity contribution in [2.24, 2.45) is 0 Å². The summed E-state index contributed by atoms with van der Waals surface area (Å²) in [5.41, 5.74) is 1.95. The van der Waals surface area contributed by atoms with Gasteiger partial charge in [0.25, 0.3) is 5.91 Å². The fraction of sp³-hybridized carbons (Fsp3) is 0.200. The van der Waals surface area contributed by atoms with Gasteiger partial charge in [-0.2, -0.15) is 0 Å². The summed E-state index contributed by atoms with van der Waals surface area (Å²) in [6.07, 6.45) is 3.87. The van der Waals surface area contributed by atoms with E-state index in [0.29, 0.717) is 22.7 Å². The number of rotatable bonds is 7. The summed E-state index contributed by atoms with van der Waals surface area (Å²) in [6.45, 7) is 1.76. The quantitative estimate of drug-likeness (QED) is 0.769. The number of hydrogen-bond donors (Lipinski definition) is 1. The van der Waals surface area contributed by atoms with Crippen LogP contribution in [-0.2, 0) is 9.53 Å². The molecule has 0 saturated heterocycles. The van der Waals surface area contributed by atoms with Crippen molar-refractivity contribution in [2.45, 2.75) is 6.92 Å². The molecule has 0 unspecified atom stereocenters. The molecule has 2 rings (SSSR count). The van der Waals surface area contributed by atoms with Crippen LogP contribution in [0.2, 0.25) is 0 Å². The summed E-state index contributed by atoms with van der Waals surface area (Å²) in [6, 6.07) is 11.9. The van der Waals surface area contributed by atoms with Gasteiger partial charge in [0.15, 0.2) is 18.1 Å². The van der Waals surface area contributed by atoms with E-state index in [1.807, 2.05) is 31.2 Å². The van der Waals surface area contributed by atoms with Crippen LogP contribution < -0.4 is 14.8 Å². The van der Waals surface area contributed by atoms with Crippen LogP contribution in [0.25, 0.3) is 6.08 Å². The standard InChI is InChI=1S/C20H21NO5/c1-4-5-14-6-11-17(18(12-14)24-2)26-13-19(22)21-16-9-7-15(8-10-16)20(23)25-3/h4-12H,13H2,1-3H3,(H,21,22)/b5-4+. The molecular formula is C20H21NO5. The number of methoxy groups -OCH3 is 2. The lowest BCUT2D eigenvalue weighted by molar-refractivity contribution is -0.118. The molecule has 1 amide bonds. The molecule has 0 saturated carbocycles. The molecule has 6 nitrogen and oxygen atoms in total. The molecular weight excluding hydrogens is 334 g/mol. The molecule has 0 aliphatic heterocycles. The maximum atomic E-state index is 12.1. The third-order valence-corrected chi connectivity index (χ3v) is 3.50. The molecule has 2 aromatic carbocycles. The van der Waals surface area contributed by atoms with E-state index < -0.39 is 5.97 Å². The second kappa shape index (κ2) is 9.27. The van der Waals surface area contributed by atoms with Crippen LogP contribution in [0.5, 0.6) is 11.5 Å². The van der Waals surface area contributed by atoms with Crippen molar-refractivity contribution in [3.8, 4) is 11.5 Å². The summed E-state index contributed by atoms with van der Waals surface area (Å²) in [5.74, 6) is 0.280. The van der Waals surface area contributed by atoms with E-state index in [1.165, 1.54) is 7.11 Å². The Kier molecular flexibility index (Phi) is 6.79. The number of hydrogen-bond acceptors (Lipinski definition) is 5. The van der Waals surface area contributed by atoms with Gasteiger partial charge in [-0.3, -0.25) is 4.79 Å². The van der Waals surface area contributed by atoms with Crippen molar-refractivity contribution in [3.05, 3.63) is 59.7 Å². The molecule has 1 N–H and O–H groups in total. The Morgan fingerprint density at radius 1 is 1.04 bits per heavy atom. The molecule has 0 spiro atoms. The zero-order valence-corrected chi connectivity index (χ0v) is 14.9. The third kappa shape index (κ3) is 5.11. The van der Waals surface area contributed by atoms with Gasteiger partial charge in [-0.15, -0.1) is 0 Å². The number of esters is 1. The lowest BCUT2D eigenvalue weighted by Gasteiger charge is -2.11. The lowest BCUT2D eigenvalue weighted by Crippen LogP contribution is -2.20. The first kappa shape index (κ1) is 19.1. The van der Waals surface area contributed by atoms with Crippen LogP contribution in [0, 0.1) is 0 Å². The van der Waals surface area contributed by atoms with E-state index in [-0.39, 0.29) is 12.5 Å². The first-order valence-electron chi connectivity index (χ1n) is 7.99. The number of benzene rings is 2. The second-order valence-corrected chi connectivity index (χ2v) is 5.32. The predicted octanol–water partition coefficient (Wildman–Crippen LogP) is 3.53. The number of allylic oxidation sites excluding steroid dienone is 1. The van der Waals surface area contributed by atoms with Gasteiger partial charge in [-0.1, -0.05) is 18.2 Å². The van der Waals surface area contributed by atoms with Crippen LogP contribution in [-0.4, -0.2) is 32.7 Å². The molecule has 0 heterocycles. The van der Waals surface area contributed by atoms with Crippen molar-refractivity contribution < 1.29 is 23.8 Å². The van der Waals surface area contributed by atoms with E-state index >= 15 is 0 Å². The fourth-order valence-corrected chi connectivity index (χ4v) is 2.25. The van der Waals surface area contributed by atoms with Crippen molar-refractivity contribution in [3.63, 3.8) is 0 Å². The largest absolute Gasteiger partial charge is 0.493 e. The van der Waals surface area contributed by atoms with Crippen LogP contribution in [0.1, 0.15) is 22.8 Å². The number of nitrogens with one attached hydrogen (secondary N) is 1. The van der Waals surface area contributed by atoms with Crippen LogP contribution in [0.3, 0.4) is 0 Å². The third-order valence-electron chi connectivity index (χ3n) is 3.50. The van der Waals surface area contributed by atoms with Gasteiger partial charge >= 0.3 is 5.97 Å². The predicted molar refractivity (Wildman–Crippen MR) is 99.6 cm³/mol. The lowest BCUT2D eigenvalue weighted by atomic mass is 10.2. The molecule has 0 aliphatic rings. The minimum Gasteiger partial charge on any atom is -0.493 e. The van der Waals surface area contributed by atoms with Crippen molar-refractivity contribution >= 4 is 23.6 Å². The Bertz CT molecular complexity index is 796. The number of anilines is 1. The van der Waals surface area contributed by atoms with Gasteiger partial charge in [0.1, 0.15) is 0 Å². The minimum absolute atomic E-state index is 0.169. The topological polar surface area (TPSA) is 73.9 Å². The minimum atomic E-state index is -0.431. The highest BCUT2D eigenvalue weighted by Crippen LogP contribution is 2.28. The van der Waals surface area contributed by atoms with Gasteiger partial charge in [-0.05, 0) is 48.9 Å². The molecule has 0 aromatic heterocycles. The number of amides is 1. The molecule has 0 radical (unpaired) electrons. The van der Waals surface area contributed by atoms with Crippen LogP contribution in [0.15, 0.2) is 48.5 Å². The van der Waals surface area contributed by atoms with Gasteiger partial charge in [-0.25, -0.2) is 4.79 Å². The fourth-order valence-electron chi connectivity index (χ4n) is 2.25. The first-order chi connectivity index (χ1) is 12.6. The van der Waals surface area contributed by atoms with Crippen LogP contribution in [0.4, 0.5) is 5.69 Å². The van der Waals surface area contributed by atoms with E-state index in [2.05, 4.69) is 10.1 Å². The molecule has 0 atom stereocenters. The highest BCUT2D eigenvalue weighted by Gasteiger charge is 2.09. The summed E-state index contributed by atoms with van der Waals surface area (Å²) >= 11 is 0. The number of carbonyl (C=O) groups excluding carboxylic acids is 2. The maximum absolute atomic E-state index is 12.1. The average Bonchev–Trinajstić information content (AvgIpc) is 2.67. The van der Waals surface area contributed by atoms with Gasteiger partial charge in [0.2, 0.25) is 0 Å². The molecule has 26 heavy (non-hydrogen) atoms. The summed E-state index contributed by atoms with van der Waals surface area (Å²) < 4.78 is 15.5. The Hall–Kier alpha value is -3.28. The van der Waals surface area contributed by atoms with E-state index in [4.69, 9.17) is 9.47 Å². The molecule has 0 aliphatic carbocycles. The SMILES string of the molecule is C/C=C/c1ccc(OCC(=O)Nc2ccc(C(=O)OC)cc2)c(OC)c1. The zero-order chi connectivity index (χ0) is 18.9. The molecule has 6 heteroatoms. The van der Waals surface area contributed by atoms with Crippen molar-refractivity contribution in [1.29, 1.82) is 0 Å². The number of ether oxygens (including phenoxy) is 3. The van der Waals surface area contributed by atoms with Crippen LogP contribution >= 0.6 is 0 Å². The van der Waals surface area contributed by atoms with Crippen molar-refractivity contribution in [1.82, 2.24) is 0 Å². The maximum Gasteiger partial charge on any atom is 0.337 e. The van der Waals surface area contributed by atoms with E-state index in [0.717, 1.165) is 5.56 Å². The van der Waals surface area contributed by atoms with E-state index in [1.54, 1.807) is 37.4 Å². The Balaban J connectivity index is 1.95. The molecule has 0 bridgehead atoms. The Morgan fingerprint density at radius 3 is 2.38 bits per heavy atom. The Labute approximate surface area is 152 Å². The van der Waals surface area contributed by atoms with Gasteiger partial charge < -0.3 is 19.5 Å². The average molecular weight is 355 g/mol. The zero-order valence-electron chi connectivity index (χ0n) is 14.9. The first-order valence-corrected chi connectivity index (χ1v) is 7.99. The number of carbonyl (C=O) groups is 2. The summed E-state index contributed by atoms with van der Waals surface area (Å²) in [7, 11) is 2.86. The van der Waals surface area contributed by atoms with Gasteiger partial charge in [0.05, 0.1) is 19.8 Å². The summed E-state index contributed by atoms with van der Waals surface area (Å²) in [5, 5.41) is 2.70. The summed E-state index contributed by atoms with van der Waals surface area (Å²) in [4.78, 5) is 23.4. The van der Waals surface area contributed by atoms with E-state index in [9.17, 15) is 9.59 Å². The second-order valence-electron chi connectivity index (χ2n) is 5.32. The highest BCUT2D eigenvalue weighted by atomic mass is 16.5. The van der Waals surface area contributed by atoms with Gasteiger partial charge in [0, 0.05) is 5.69 Å².